The van der Waals surface area contributed by atoms with Crippen molar-refractivity contribution in [2.75, 3.05) is 19.0 Å². The number of rotatable bonds is 7. The van der Waals surface area contributed by atoms with Crippen molar-refractivity contribution in [2.24, 2.45) is 0 Å². The Morgan fingerprint density at radius 3 is 2.68 bits per heavy atom. The molecule has 5 rings (SSSR count). The highest BCUT2D eigenvalue weighted by atomic mass is 32.2. The maximum atomic E-state index is 12.8. The van der Waals surface area contributed by atoms with Gasteiger partial charge in [-0.3, -0.25) is 14.3 Å². The van der Waals surface area contributed by atoms with Gasteiger partial charge in [0.1, 0.15) is 13.2 Å². The summed E-state index contributed by atoms with van der Waals surface area (Å²) in [6, 6.07) is 19.2. The Labute approximate surface area is 201 Å². The number of hydrogen-bond acceptors (Lipinski definition) is 7. The average Bonchev–Trinajstić information content (AvgIpc) is 3.32. The minimum atomic E-state index is -0.179. The van der Waals surface area contributed by atoms with Crippen LogP contribution in [0.4, 0.5) is 0 Å². The maximum absolute atomic E-state index is 12.8. The second-order valence-electron chi connectivity index (χ2n) is 7.70. The molecule has 3 heterocycles. The zero-order valence-electron chi connectivity index (χ0n) is 18.5. The number of carbonyl (C=O) groups is 1. The number of para-hydroxylation sites is 1. The molecular weight excluding hydrogens is 450 g/mol. The highest BCUT2D eigenvalue weighted by Gasteiger charge is 2.19. The molecule has 0 saturated carbocycles. The van der Waals surface area contributed by atoms with Crippen LogP contribution in [-0.4, -0.2) is 44.6 Å². The lowest BCUT2D eigenvalue weighted by atomic mass is 10.1. The van der Waals surface area contributed by atoms with Crippen molar-refractivity contribution >= 4 is 17.7 Å². The summed E-state index contributed by atoms with van der Waals surface area (Å²) in [4.78, 5) is 17.0. The fraction of sp³-hybridized carbons (Fsp3) is 0.200. The largest absolute Gasteiger partial charge is 0.486 e. The Hall–Kier alpha value is -3.85. The van der Waals surface area contributed by atoms with Gasteiger partial charge in [-0.15, -0.1) is 10.2 Å². The molecule has 2 aromatic heterocycles. The number of fused-ring (bicyclic) bond motifs is 1. The van der Waals surface area contributed by atoms with Gasteiger partial charge >= 0.3 is 0 Å². The molecule has 172 valence electrons. The summed E-state index contributed by atoms with van der Waals surface area (Å²) in [6.45, 7) is 3.02. The van der Waals surface area contributed by atoms with Gasteiger partial charge in [0.05, 0.1) is 11.8 Å². The summed E-state index contributed by atoms with van der Waals surface area (Å²) >= 11 is 1.34. The summed E-state index contributed by atoms with van der Waals surface area (Å²) in [5.74, 6) is 2.21. The number of nitrogens with zero attached hydrogens (tertiary/aromatic N) is 4. The summed E-state index contributed by atoms with van der Waals surface area (Å²) in [7, 11) is 0. The molecule has 1 aliphatic heterocycles. The van der Waals surface area contributed by atoms with Gasteiger partial charge < -0.3 is 14.8 Å². The van der Waals surface area contributed by atoms with Gasteiger partial charge in [-0.25, -0.2) is 0 Å². The van der Waals surface area contributed by atoms with Crippen LogP contribution >= 0.6 is 11.8 Å². The van der Waals surface area contributed by atoms with Crippen molar-refractivity contribution in [2.45, 2.75) is 18.1 Å². The fourth-order valence-corrected chi connectivity index (χ4v) is 4.44. The molecule has 0 spiro atoms. The molecule has 34 heavy (non-hydrogen) atoms. The second-order valence-corrected chi connectivity index (χ2v) is 8.64. The maximum Gasteiger partial charge on any atom is 0.230 e. The Morgan fingerprint density at radius 2 is 1.88 bits per heavy atom. The van der Waals surface area contributed by atoms with E-state index in [1.165, 1.54) is 11.8 Å². The molecule has 0 fully saturated rings. The third-order valence-electron chi connectivity index (χ3n) is 5.34. The number of amides is 1. The predicted octanol–water partition coefficient (Wildman–Crippen LogP) is 4.07. The Balaban J connectivity index is 1.30. The monoisotopic (exact) mass is 473 g/mol. The zero-order chi connectivity index (χ0) is 23.3. The number of thioether (sulfide) groups is 1. The molecule has 1 unspecified atom stereocenters. The quantitative estimate of drug-likeness (QED) is 0.405. The smallest absolute Gasteiger partial charge is 0.230 e. The van der Waals surface area contributed by atoms with Gasteiger partial charge in [-0.2, -0.15) is 0 Å². The van der Waals surface area contributed by atoms with E-state index in [0.717, 1.165) is 22.6 Å². The topological polar surface area (TPSA) is 91.2 Å². The van der Waals surface area contributed by atoms with E-state index in [9.17, 15) is 4.79 Å². The van der Waals surface area contributed by atoms with Crippen LogP contribution in [0, 0.1) is 0 Å². The van der Waals surface area contributed by atoms with Crippen LogP contribution in [0.1, 0.15) is 18.5 Å². The Kier molecular flexibility index (Phi) is 6.44. The van der Waals surface area contributed by atoms with Crippen LogP contribution in [-0.2, 0) is 4.79 Å². The van der Waals surface area contributed by atoms with E-state index in [1.54, 1.807) is 12.4 Å². The first-order chi connectivity index (χ1) is 16.7. The van der Waals surface area contributed by atoms with Gasteiger partial charge in [0, 0.05) is 23.6 Å². The van der Waals surface area contributed by atoms with Gasteiger partial charge in [0.15, 0.2) is 22.5 Å². The Morgan fingerprint density at radius 1 is 1.06 bits per heavy atom. The summed E-state index contributed by atoms with van der Waals surface area (Å²) in [5.41, 5.74) is 2.72. The fourth-order valence-electron chi connectivity index (χ4n) is 3.68. The third kappa shape index (κ3) is 4.74. The second kappa shape index (κ2) is 9.96. The molecule has 4 aromatic rings. The summed E-state index contributed by atoms with van der Waals surface area (Å²) in [6.07, 6.45) is 3.47. The normalized spacial score (nSPS) is 13.3. The lowest BCUT2D eigenvalue weighted by Gasteiger charge is -2.21. The van der Waals surface area contributed by atoms with E-state index in [2.05, 4.69) is 20.5 Å². The van der Waals surface area contributed by atoms with Crippen LogP contribution in [0.3, 0.4) is 0 Å². The van der Waals surface area contributed by atoms with E-state index in [1.807, 2.05) is 72.2 Å². The molecule has 2 aromatic carbocycles. The van der Waals surface area contributed by atoms with E-state index >= 15 is 0 Å². The number of benzene rings is 2. The van der Waals surface area contributed by atoms with Crippen LogP contribution in [0.2, 0.25) is 0 Å². The minimum absolute atomic E-state index is 0.0991. The summed E-state index contributed by atoms with van der Waals surface area (Å²) < 4.78 is 13.2. The molecule has 1 amide bonds. The SMILES string of the molecule is CC(NC(=O)CSc1nnc(-c2cccnc2)n1-c1ccccc1)c1ccc2c(c1)OCCO2. The lowest BCUT2D eigenvalue weighted by molar-refractivity contribution is -0.119. The van der Waals surface area contributed by atoms with Crippen LogP contribution in [0.25, 0.3) is 17.1 Å². The summed E-state index contributed by atoms with van der Waals surface area (Å²) in [5, 5.41) is 12.4. The highest BCUT2D eigenvalue weighted by molar-refractivity contribution is 7.99. The molecule has 8 nitrogen and oxygen atoms in total. The van der Waals surface area contributed by atoms with Crippen LogP contribution in [0.15, 0.2) is 78.2 Å². The number of aromatic nitrogens is 4. The van der Waals surface area contributed by atoms with E-state index in [4.69, 9.17) is 9.47 Å². The first-order valence-electron chi connectivity index (χ1n) is 10.9. The number of nitrogens with one attached hydrogen (secondary N) is 1. The van der Waals surface area contributed by atoms with Gasteiger partial charge in [-0.05, 0) is 48.9 Å². The van der Waals surface area contributed by atoms with E-state index in [-0.39, 0.29) is 17.7 Å². The van der Waals surface area contributed by atoms with Crippen molar-refractivity contribution in [3.63, 3.8) is 0 Å². The number of hydrogen-bond donors (Lipinski definition) is 1. The molecular formula is C25H23N5O3S. The van der Waals surface area contributed by atoms with Crippen molar-refractivity contribution < 1.29 is 14.3 Å². The van der Waals surface area contributed by atoms with Crippen molar-refractivity contribution in [3.05, 3.63) is 78.6 Å². The Bertz CT molecular complexity index is 1280. The molecule has 0 radical (unpaired) electrons. The van der Waals surface area contributed by atoms with E-state index in [0.29, 0.717) is 29.9 Å². The minimum Gasteiger partial charge on any atom is -0.486 e. The molecule has 1 N–H and O–H groups in total. The van der Waals surface area contributed by atoms with Gasteiger partial charge in [0.25, 0.3) is 0 Å². The molecule has 1 aliphatic rings. The lowest BCUT2D eigenvalue weighted by Crippen LogP contribution is -2.28. The molecule has 0 saturated heterocycles. The molecule has 1 atom stereocenters. The first-order valence-corrected chi connectivity index (χ1v) is 11.9. The number of carbonyl (C=O) groups excluding carboxylic acids is 1. The molecule has 9 heteroatoms. The standard InChI is InChI=1S/C25H23N5O3S/c1-17(18-9-10-21-22(14-18)33-13-12-32-21)27-23(31)16-34-25-29-28-24(19-6-5-11-26-15-19)30(25)20-7-3-2-4-8-20/h2-11,14-15,17H,12-13,16H2,1H3,(H,27,31). The number of ether oxygens (including phenoxy) is 2. The third-order valence-corrected chi connectivity index (χ3v) is 6.27. The predicted molar refractivity (Wildman–Crippen MR) is 129 cm³/mol. The highest BCUT2D eigenvalue weighted by Crippen LogP contribution is 2.33. The molecule has 0 aliphatic carbocycles. The number of pyridine rings is 1. The van der Waals surface area contributed by atoms with Crippen LogP contribution in [0.5, 0.6) is 11.5 Å². The first kappa shape index (κ1) is 22.0. The van der Waals surface area contributed by atoms with Gasteiger partial charge in [-0.1, -0.05) is 36.0 Å². The average molecular weight is 474 g/mol. The van der Waals surface area contributed by atoms with Crippen molar-refractivity contribution in [3.8, 4) is 28.6 Å². The van der Waals surface area contributed by atoms with Crippen molar-refractivity contribution in [1.82, 2.24) is 25.1 Å². The van der Waals surface area contributed by atoms with Crippen molar-refractivity contribution in [1.29, 1.82) is 0 Å². The zero-order valence-corrected chi connectivity index (χ0v) is 19.4. The van der Waals surface area contributed by atoms with Gasteiger partial charge in [0.2, 0.25) is 5.91 Å². The molecule has 0 bridgehead atoms. The van der Waals surface area contributed by atoms with E-state index < -0.39 is 0 Å². The van der Waals surface area contributed by atoms with Crippen LogP contribution < -0.4 is 14.8 Å².